The van der Waals surface area contributed by atoms with Crippen LogP contribution in [0.25, 0.3) is 110 Å². The summed E-state index contributed by atoms with van der Waals surface area (Å²) in [5.41, 5.74) is 26.1. The van der Waals surface area contributed by atoms with E-state index in [0.29, 0.717) is 0 Å². The average Bonchev–Trinajstić information content (AvgIpc) is 4.14. The van der Waals surface area contributed by atoms with Gasteiger partial charge in [-0.15, -0.1) is 0 Å². The minimum absolute atomic E-state index is 0.00482. The van der Waals surface area contributed by atoms with Gasteiger partial charge in [-0.25, -0.2) is 0 Å². The van der Waals surface area contributed by atoms with Crippen molar-refractivity contribution in [1.29, 1.82) is 0 Å². The first-order valence-electron chi connectivity index (χ1n) is 30.7. The lowest BCUT2D eigenvalue weighted by Gasteiger charge is -2.26. The van der Waals surface area contributed by atoms with Crippen molar-refractivity contribution in [2.75, 3.05) is 0 Å². The van der Waals surface area contributed by atoms with Crippen LogP contribution >= 0.6 is 0 Å². The molecule has 0 aliphatic carbocycles. The molecule has 2 nitrogen and oxygen atoms in total. The molecule has 0 aliphatic rings. The molecule has 2 heteroatoms. The van der Waals surface area contributed by atoms with Crippen molar-refractivity contribution in [3.05, 3.63) is 166 Å². The molecule has 422 valence electrons. The first-order valence-corrected chi connectivity index (χ1v) is 30.7. The third kappa shape index (κ3) is 8.85. The summed E-state index contributed by atoms with van der Waals surface area (Å²) in [6, 6.07) is 49.7. The van der Waals surface area contributed by atoms with Crippen molar-refractivity contribution in [3.8, 4) is 33.4 Å². The molecule has 4 heterocycles. The van der Waals surface area contributed by atoms with E-state index in [1.807, 2.05) is 0 Å². The molecule has 0 amide bonds. The summed E-state index contributed by atoms with van der Waals surface area (Å²) in [5, 5.41) is 10.7. The number of benzene rings is 8. The Kier molecular flexibility index (Phi) is 11.9. The molecule has 0 aliphatic heterocycles. The van der Waals surface area contributed by atoms with E-state index >= 15 is 0 Å². The first kappa shape index (κ1) is 55.9. The van der Waals surface area contributed by atoms with Crippen molar-refractivity contribution in [2.24, 2.45) is 0 Å². The van der Waals surface area contributed by atoms with Gasteiger partial charge < -0.3 is 8.80 Å². The third-order valence-electron chi connectivity index (χ3n) is 18.7. The lowest BCUT2D eigenvalue weighted by molar-refractivity contribution is 0.568. The molecule has 12 rings (SSSR count). The predicted molar refractivity (Wildman–Crippen MR) is 362 cm³/mol. The van der Waals surface area contributed by atoms with E-state index in [1.54, 1.807) is 0 Å². The van der Waals surface area contributed by atoms with Gasteiger partial charge in [-0.3, -0.25) is 0 Å². The van der Waals surface area contributed by atoms with Gasteiger partial charge in [0.2, 0.25) is 0 Å². The number of hydrogen-bond acceptors (Lipinski definition) is 0. The molecule has 0 atom stereocenters. The Hall–Kier alpha value is -6.64. The second kappa shape index (κ2) is 17.5. The fourth-order valence-corrected chi connectivity index (χ4v) is 13.3. The van der Waals surface area contributed by atoms with Crippen molar-refractivity contribution < 1.29 is 0 Å². The van der Waals surface area contributed by atoms with Gasteiger partial charge in [0.15, 0.2) is 0 Å². The lowest BCUT2D eigenvalue weighted by atomic mass is 9.78. The van der Waals surface area contributed by atoms with E-state index < -0.39 is 0 Å². The van der Waals surface area contributed by atoms with Crippen molar-refractivity contribution >= 4 is 76.2 Å². The van der Waals surface area contributed by atoms with Gasteiger partial charge in [0, 0.05) is 43.1 Å². The van der Waals surface area contributed by atoms with Crippen LogP contribution in [0.2, 0.25) is 0 Å². The summed E-state index contributed by atoms with van der Waals surface area (Å²) in [5.74, 6) is 0. The second-order valence-electron chi connectivity index (χ2n) is 33.4. The van der Waals surface area contributed by atoms with Gasteiger partial charge in [-0.2, -0.15) is 0 Å². The SMILES string of the molecule is CC(C)(C)c1cc(-c2ccc3c4c5c6ccc(-c7cc(C(C)(C)C)cc(C(C)(C)C)c7)cc6n6c7c(C(C)(C)C)cc(C(C)(C)C)cc7c(c7c8ccc(-c9cc(C(C)(C)C)cc(C(C)(C)C)c9)cc8n(c3c2)c47)c56)cc(C(C)(C)C)c1. The van der Waals surface area contributed by atoms with Crippen LogP contribution in [0.15, 0.2) is 121 Å². The van der Waals surface area contributed by atoms with Crippen LogP contribution in [-0.4, -0.2) is 8.80 Å². The molecule has 0 saturated heterocycles. The number of hydrogen-bond donors (Lipinski definition) is 0. The van der Waals surface area contributed by atoms with Gasteiger partial charge in [0.05, 0.1) is 33.1 Å². The molecule has 0 fully saturated rings. The molecule has 0 saturated carbocycles. The summed E-state index contributed by atoms with van der Waals surface area (Å²) < 4.78 is 5.44. The highest BCUT2D eigenvalue weighted by atomic mass is 14.9. The predicted octanol–water partition coefficient (Wildman–Crippen LogP) is 23.4. The smallest absolute Gasteiger partial charge is 0.0634 e. The molecule has 8 aromatic carbocycles. The second-order valence-corrected chi connectivity index (χ2v) is 33.4. The Labute approximate surface area is 491 Å². The fraction of sp³-hybridized carbons (Fsp3) is 0.400. The van der Waals surface area contributed by atoms with Crippen molar-refractivity contribution in [3.63, 3.8) is 0 Å². The van der Waals surface area contributed by atoms with Crippen LogP contribution in [0.5, 0.6) is 0 Å². The van der Waals surface area contributed by atoms with Crippen LogP contribution in [0, 0.1) is 0 Å². The van der Waals surface area contributed by atoms with Crippen molar-refractivity contribution in [1.82, 2.24) is 8.80 Å². The van der Waals surface area contributed by atoms with Crippen LogP contribution in [0.4, 0.5) is 0 Å². The Morgan fingerprint density at radius 1 is 0.207 bits per heavy atom. The monoisotopic (exact) mass is 1080 g/mol. The Morgan fingerprint density at radius 3 is 0.744 bits per heavy atom. The van der Waals surface area contributed by atoms with Gasteiger partial charge in [-0.05, 0) is 145 Å². The molecule has 0 radical (unpaired) electrons. The van der Waals surface area contributed by atoms with Gasteiger partial charge in [0.25, 0.3) is 0 Å². The fourth-order valence-electron chi connectivity index (χ4n) is 13.3. The zero-order chi connectivity index (χ0) is 59.5. The zero-order valence-electron chi connectivity index (χ0n) is 54.4. The van der Waals surface area contributed by atoms with Gasteiger partial charge in [-0.1, -0.05) is 263 Å². The number of nitrogens with zero attached hydrogens (tertiary/aromatic N) is 2. The Morgan fingerprint density at radius 2 is 0.463 bits per heavy atom. The van der Waals surface area contributed by atoms with Crippen LogP contribution in [-0.2, 0) is 43.3 Å². The Balaban J connectivity index is 1.31. The molecule has 0 N–H and O–H groups in total. The summed E-state index contributed by atoms with van der Waals surface area (Å²) in [7, 11) is 0. The molecular formula is C80H92N2. The van der Waals surface area contributed by atoms with Crippen LogP contribution in [0.3, 0.4) is 0 Å². The normalized spacial score (nSPS) is 14.1. The largest absolute Gasteiger partial charge is 0.308 e. The standard InChI is InChI=1S/C80H92N2/c1-73(2,3)51-31-48(32-52(40-51)74(4,5)6)45-25-28-58-63(37-45)81-64-38-46(49-33-53(75(7,8)9)41-54(34-49)76(10,11)12)26-29-59(64)68-69-61-43-57(79(19,20)21)44-62(80(22,23)24)70(61)82-65-39-47(27-30-60(65)67(72(69)82)66(58)71(68)81)50-35-55(77(13,14)15)42-56(36-50)78(16,17)18/h25-44H,1-24H3. The topological polar surface area (TPSA) is 8.82 Å². The number of rotatable bonds is 3. The minimum Gasteiger partial charge on any atom is -0.308 e. The molecule has 0 spiro atoms. The lowest BCUT2D eigenvalue weighted by Crippen LogP contribution is -2.17. The molecule has 0 unspecified atom stereocenters. The average molecular weight is 1080 g/mol. The number of fused-ring (bicyclic) bond motifs is 14. The maximum Gasteiger partial charge on any atom is 0.0634 e. The molecular weight excluding hydrogens is 989 g/mol. The van der Waals surface area contributed by atoms with E-state index in [9.17, 15) is 0 Å². The van der Waals surface area contributed by atoms with Crippen LogP contribution < -0.4 is 0 Å². The number of aromatic nitrogens is 2. The maximum absolute atomic E-state index is 2.74. The minimum atomic E-state index is -0.147. The van der Waals surface area contributed by atoms with Crippen molar-refractivity contribution in [2.45, 2.75) is 209 Å². The van der Waals surface area contributed by atoms with E-state index in [-0.39, 0.29) is 43.3 Å². The highest BCUT2D eigenvalue weighted by Crippen LogP contribution is 2.55. The maximum atomic E-state index is 2.74. The zero-order valence-corrected chi connectivity index (χ0v) is 54.4. The van der Waals surface area contributed by atoms with Gasteiger partial charge >= 0.3 is 0 Å². The Bertz CT molecular complexity index is 4500. The molecule has 12 aromatic rings. The quantitative estimate of drug-likeness (QED) is 0.167. The first-order chi connectivity index (χ1) is 37.7. The third-order valence-corrected chi connectivity index (χ3v) is 18.7. The summed E-state index contributed by atoms with van der Waals surface area (Å²) >= 11 is 0. The summed E-state index contributed by atoms with van der Waals surface area (Å²) in [6.07, 6.45) is 0. The highest BCUT2D eigenvalue weighted by Gasteiger charge is 2.34. The molecule has 0 bridgehead atoms. The summed E-state index contributed by atoms with van der Waals surface area (Å²) in [4.78, 5) is 0. The molecule has 4 aromatic heterocycles. The van der Waals surface area contributed by atoms with E-state index in [4.69, 9.17) is 0 Å². The van der Waals surface area contributed by atoms with Crippen LogP contribution in [0.1, 0.15) is 211 Å². The highest BCUT2D eigenvalue weighted by molar-refractivity contribution is 6.45. The van der Waals surface area contributed by atoms with E-state index in [1.165, 1.54) is 154 Å². The van der Waals surface area contributed by atoms with E-state index in [2.05, 4.69) is 296 Å². The molecule has 82 heavy (non-hydrogen) atoms. The van der Waals surface area contributed by atoms with E-state index in [0.717, 1.165) is 0 Å². The summed E-state index contributed by atoms with van der Waals surface area (Å²) in [6.45, 7) is 56.8. The van der Waals surface area contributed by atoms with Gasteiger partial charge in [0.1, 0.15) is 0 Å².